The molecule has 0 amide bonds. The standard InChI is InChI=1S/C16H16N4O3S/c1-10-15-8-13(9-17-16(15)20(3)18-10)19-24(22,23)14-6-4-12(5-7-14)11(2)21/h4-9,19H,1-3H3. The molecule has 8 heteroatoms. The van der Waals surface area contributed by atoms with Crippen LogP contribution in [0.3, 0.4) is 0 Å². The molecule has 0 radical (unpaired) electrons. The minimum atomic E-state index is -3.76. The molecule has 3 rings (SSSR count). The van der Waals surface area contributed by atoms with Crippen LogP contribution in [-0.4, -0.2) is 29.0 Å². The number of ketones is 1. The second-order valence-electron chi connectivity index (χ2n) is 5.49. The second kappa shape index (κ2) is 5.72. The number of aryl methyl sites for hydroxylation is 2. The number of nitrogens with one attached hydrogen (secondary N) is 1. The average molecular weight is 344 g/mol. The van der Waals surface area contributed by atoms with Crippen LogP contribution >= 0.6 is 0 Å². The van der Waals surface area contributed by atoms with E-state index in [1.807, 2.05) is 6.92 Å². The zero-order chi connectivity index (χ0) is 17.5. The van der Waals surface area contributed by atoms with Crippen molar-refractivity contribution in [2.24, 2.45) is 7.05 Å². The molecule has 1 aromatic carbocycles. The lowest BCUT2D eigenvalue weighted by atomic mass is 10.2. The highest BCUT2D eigenvalue weighted by molar-refractivity contribution is 7.92. The van der Waals surface area contributed by atoms with Gasteiger partial charge in [0.1, 0.15) is 0 Å². The maximum atomic E-state index is 12.5. The normalized spacial score (nSPS) is 11.6. The van der Waals surface area contributed by atoms with Crippen LogP contribution in [0, 0.1) is 6.92 Å². The van der Waals surface area contributed by atoms with Gasteiger partial charge in [-0.1, -0.05) is 12.1 Å². The first kappa shape index (κ1) is 16.1. The van der Waals surface area contributed by atoms with Crippen LogP contribution in [0.5, 0.6) is 0 Å². The van der Waals surface area contributed by atoms with E-state index in [0.717, 1.165) is 11.1 Å². The van der Waals surface area contributed by atoms with Crippen LogP contribution in [0.2, 0.25) is 0 Å². The quantitative estimate of drug-likeness (QED) is 0.733. The summed E-state index contributed by atoms with van der Waals surface area (Å²) in [5.74, 6) is -0.117. The van der Waals surface area contributed by atoms with E-state index in [9.17, 15) is 13.2 Å². The van der Waals surface area contributed by atoms with Gasteiger partial charge in [-0.2, -0.15) is 5.10 Å². The van der Waals surface area contributed by atoms with Crippen LogP contribution in [0.4, 0.5) is 5.69 Å². The van der Waals surface area contributed by atoms with E-state index >= 15 is 0 Å². The molecule has 0 atom stereocenters. The summed E-state index contributed by atoms with van der Waals surface area (Å²) in [6.45, 7) is 3.27. The van der Waals surface area contributed by atoms with Gasteiger partial charge in [0.15, 0.2) is 11.4 Å². The third-order valence-corrected chi connectivity index (χ3v) is 5.08. The first-order valence-corrected chi connectivity index (χ1v) is 8.69. The van der Waals surface area contributed by atoms with E-state index in [-0.39, 0.29) is 10.7 Å². The number of aromatic nitrogens is 3. The van der Waals surface area contributed by atoms with Crippen molar-refractivity contribution in [3.8, 4) is 0 Å². The summed E-state index contributed by atoms with van der Waals surface area (Å²) < 4.78 is 29.1. The molecule has 124 valence electrons. The predicted molar refractivity (Wildman–Crippen MR) is 90.5 cm³/mol. The van der Waals surface area contributed by atoms with Crippen LogP contribution < -0.4 is 4.72 Å². The zero-order valence-electron chi connectivity index (χ0n) is 13.4. The molecule has 2 aromatic heterocycles. The van der Waals surface area contributed by atoms with Crippen molar-refractivity contribution in [3.63, 3.8) is 0 Å². The van der Waals surface area contributed by atoms with Crippen molar-refractivity contribution in [2.75, 3.05) is 4.72 Å². The van der Waals surface area contributed by atoms with Gasteiger partial charge in [-0.25, -0.2) is 13.4 Å². The van der Waals surface area contributed by atoms with Crippen molar-refractivity contribution in [2.45, 2.75) is 18.7 Å². The molecule has 0 spiro atoms. The summed E-state index contributed by atoms with van der Waals surface area (Å²) >= 11 is 0. The average Bonchev–Trinajstić information content (AvgIpc) is 2.81. The second-order valence-corrected chi connectivity index (χ2v) is 7.17. The number of sulfonamides is 1. The van der Waals surface area contributed by atoms with Gasteiger partial charge in [0.05, 0.1) is 22.5 Å². The Balaban J connectivity index is 1.94. The molecule has 0 bridgehead atoms. The van der Waals surface area contributed by atoms with Crippen LogP contribution in [0.15, 0.2) is 41.4 Å². The Labute approximate surface area is 139 Å². The maximum absolute atomic E-state index is 12.5. The number of hydrogen-bond acceptors (Lipinski definition) is 5. The number of carbonyl (C=O) groups is 1. The Hall–Kier alpha value is -2.74. The summed E-state index contributed by atoms with van der Waals surface area (Å²) in [5, 5.41) is 5.04. The number of carbonyl (C=O) groups excluding carboxylic acids is 1. The highest BCUT2D eigenvalue weighted by atomic mass is 32.2. The highest BCUT2D eigenvalue weighted by Gasteiger charge is 2.16. The monoisotopic (exact) mass is 344 g/mol. The van der Waals surface area contributed by atoms with E-state index in [4.69, 9.17) is 0 Å². The molecule has 0 saturated heterocycles. The van der Waals surface area contributed by atoms with Crippen molar-refractivity contribution < 1.29 is 13.2 Å². The Morgan fingerprint density at radius 3 is 2.50 bits per heavy atom. The largest absolute Gasteiger partial charge is 0.295 e. The zero-order valence-corrected chi connectivity index (χ0v) is 14.3. The van der Waals surface area contributed by atoms with Crippen LogP contribution in [0.1, 0.15) is 23.0 Å². The van der Waals surface area contributed by atoms with Gasteiger partial charge in [0.2, 0.25) is 0 Å². The van der Waals surface area contributed by atoms with Gasteiger partial charge < -0.3 is 0 Å². The van der Waals surface area contributed by atoms with Crippen LogP contribution in [0.25, 0.3) is 11.0 Å². The number of pyridine rings is 1. The minimum Gasteiger partial charge on any atom is -0.295 e. The summed E-state index contributed by atoms with van der Waals surface area (Å²) in [6.07, 6.45) is 1.45. The topological polar surface area (TPSA) is 93.9 Å². The minimum absolute atomic E-state index is 0.0792. The van der Waals surface area contributed by atoms with E-state index in [1.165, 1.54) is 37.4 Å². The molecular formula is C16H16N4O3S. The molecule has 3 aromatic rings. The van der Waals surface area contributed by atoms with Gasteiger partial charge in [-0.05, 0) is 32.0 Å². The fourth-order valence-electron chi connectivity index (χ4n) is 2.45. The third kappa shape index (κ3) is 2.88. The number of anilines is 1. The van der Waals surface area contributed by atoms with E-state index in [1.54, 1.807) is 17.8 Å². The van der Waals surface area contributed by atoms with Crippen molar-refractivity contribution >= 4 is 32.5 Å². The summed E-state index contributed by atoms with van der Waals surface area (Å²) in [6, 6.07) is 7.49. The van der Waals surface area contributed by atoms with Gasteiger partial charge in [0.25, 0.3) is 10.0 Å². The number of Topliss-reactive ketones (excluding diaryl/α,β-unsaturated/α-hetero) is 1. The SMILES string of the molecule is CC(=O)c1ccc(S(=O)(=O)Nc2cnc3c(c2)c(C)nn3C)cc1. The van der Waals surface area contributed by atoms with Crippen molar-refractivity contribution in [1.29, 1.82) is 0 Å². The molecule has 1 N–H and O–H groups in total. The number of nitrogens with zero attached hydrogens (tertiary/aromatic N) is 3. The maximum Gasteiger partial charge on any atom is 0.261 e. The molecule has 0 aliphatic rings. The molecule has 0 aliphatic carbocycles. The molecule has 0 unspecified atom stereocenters. The van der Waals surface area contributed by atoms with Crippen molar-refractivity contribution in [3.05, 3.63) is 47.8 Å². The lowest BCUT2D eigenvalue weighted by Crippen LogP contribution is -2.13. The number of rotatable bonds is 4. The fourth-order valence-corrected chi connectivity index (χ4v) is 3.48. The van der Waals surface area contributed by atoms with Gasteiger partial charge in [0, 0.05) is 18.0 Å². The Morgan fingerprint density at radius 1 is 1.21 bits per heavy atom. The number of hydrogen-bond donors (Lipinski definition) is 1. The summed E-state index contributed by atoms with van der Waals surface area (Å²) in [5.41, 5.74) is 2.27. The Kier molecular flexibility index (Phi) is 3.84. The molecule has 0 fully saturated rings. The lowest BCUT2D eigenvalue weighted by molar-refractivity contribution is 0.101. The smallest absolute Gasteiger partial charge is 0.261 e. The Bertz CT molecular complexity index is 1040. The van der Waals surface area contributed by atoms with E-state index in [0.29, 0.717) is 16.9 Å². The van der Waals surface area contributed by atoms with Crippen LogP contribution in [-0.2, 0) is 17.1 Å². The molecule has 0 aliphatic heterocycles. The third-order valence-electron chi connectivity index (χ3n) is 3.69. The lowest BCUT2D eigenvalue weighted by Gasteiger charge is -2.08. The molecule has 2 heterocycles. The fraction of sp³-hybridized carbons (Fsp3) is 0.188. The molecular weight excluding hydrogens is 328 g/mol. The van der Waals surface area contributed by atoms with E-state index < -0.39 is 10.0 Å². The highest BCUT2D eigenvalue weighted by Crippen LogP contribution is 2.22. The van der Waals surface area contributed by atoms with Crippen molar-refractivity contribution in [1.82, 2.24) is 14.8 Å². The van der Waals surface area contributed by atoms with Gasteiger partial charge in [-0.15, -0.1) is 0 Å². The predicted octanol–water partition coefficient (Wildman–Crippen LogP) is 2.28. The number of benzene rings is 1. The summed E-state index contributed by atoms with van der Waals surface area (Å²) in [4.78, 5) is 15.6. The molecule has 0 saturated carbocycles. The number of fused-ring (bicyclic) bond motifs is 1. The first-order chi connectivity index (χ1) is 11.3. The summed E-state index contributed by atoms with van der Waals surface area (Å²) in [7, 11) is -1.98. The molecule has 24 heavy (non-hydrogen) atoms. The first-order valence-electron chi connectivity index (χ1n) is 7.21. The van der Waals surface area contributed by atoms with Gasteiger partial charge in [-0.3, -0.25) is 14.2 Å². The van der Waals surface area contributed by atoms with Gasteiger partial charge >= 0.3 is 0 Å². The Morgan fingerprint density at radius 2 is 1.88 bits per heavy atom. The van der Waals surface area contributed by atoms with E-state index in [2.05, 4.69) is 14.8 Å². The molecule has 7 nitrogen and oxygen atoms in total.